The Morgan fingerprint density at radius 2 is 1.94 bits per heavy atom. The van der Waals surface area contributed by atoms with Crippen LogP contribution >= 0.6 is 0 Å². The topological polar surface area (TPSA) is 77.2 Å². The summed E-state index contributed by atoms with van der Waals surface area (Å²) in [4.78, 5) is 11.4. The first-order chi connectivity index (χ1) is 8.00. The van der Waals surface area contributed by atoms with Crippen molar-refractivity contribution in [3.8, 4) is 0 Å². The summed E-state index contributed by atoms with van der Waals surface area (Å²) in [5, 5.41) is -1.21. The van der Waals surface area contributed by atoms with Crippen LogP contribution in [0.25, 0.3) is 0 Å². The average Bonchev–Trinajstić information content (AvgIpc) is 2.30. The molecular weight excluding hydrogens is 238 g/mol. The number of allylic oxidation sites excluding steroid dienone is 2. The fourth-order valence-corrected chi connectivity index (χ4v) is 2.97. The zero-order valence-electron chi connectivity index (χ0n) is 9.54. The van der Waals surface area contributed by atoms with Gasteiger partial charge >= 0.3 is 0 Å². The first-order valence-corrected chi connectivity index (χ1v) is 6.74. The normalized spacial score (nSPS) is 13.7. The van der Waals surface area contributed by atoms with E-state index < -0.39 is 21.0 Å². The molecule has 0 heterocycles. The number of amides is 1. The zero-order chi connectivity index (χ0) is 12.9. The highest BCUT2D eigenvalue weighted by Gasteiger charge is 2.30. The van der Waals surface area contributed by atoms with Gasteiger partial charge in [-0.2, -0.15) is 0 Å². The van der Waals surface area contributed by atoms with Crippen LogP contribution in [0.3, 0.4) is 0 Å². The Kier molecular flexibility index (Phi) is 4.45. The second kappa shape index (κ2) is 5.63. The van der Waals surface area contributed by atoms with Gasteiger partial charge in [-0.3, -0.25) is 4.79 Å². The first kappa shape index (κ1) is 13.4. The van der Waals surface area contributed by atoms with Gasteiger partial charge in [0.2, 0.25) is 5.91 Å². The van der Waals surface area contributed by atoms with Crippen LogP contribution in [0.1, 0.15) is 13.3 Å². The van der Waals surface area contributed by atoms with E-state index in [2.05, 4.69) is 0 Å². The van der Waals surface area contributed by atoms with Crippen LogP contribution in [0, 0.1) is 0 Å². The Labute approximate surface area is 101 Å². The predicted octanol–water partition coefficient (Wildman–Crippen LogP) is 1.28. The van der Waals surface area contributed by atoms with Crippen molar-refractivity contribution in [3.05, 3.63) is 42.5 Å². The van der Waals surface area contributed by atoms with Crippen molar-refractivity contribution in [1.29, 1.82) is 0 Å². The van der Waals surface area contributed by atoms with E-state index in [1.807, 2.05) is 0 Å². The van der Waals surface area contributed by atoms with E-state index in [-0.39, 0.29) is 11.3 Å². The summed E-state index contributed by atoms with van der Waals surface area (Å²) in [6.45, 7) is 1.76. The van der Waals surface area contributed by atoms with E-state index in [1.54, 1.807) is 37.3 Å². The molecule has 0 spiro atoms. The SMILES string of the molecule is CC=CCC(C(N)=O)S(=O)(=O)c1ccccc1. The molecule has 1 amide bonds. The molecule has 5 heteroatoms. The maximum atomic E-state index is 12.1. The molecule has 1 atom stereocenters. The van der Waals surface area contributed by atoms with Gasteiger partial charge in [-0.15, -0.1) is 0 Å². The van der Waals surface area contributed by atoms with Crippen molar-refractivity contribution < 1.29 is 13.2 Å². The number of rotatable bonds is 5. The monoisotopic (exact) mass is 253 g/mol. The van der Waals surface area contributed by atoms with Gasteiger partial charge in [0.25, 0.3) is 0 Å². The summed E-state index contributed by atoms with van der Waals surface area (Å²) < 4.78 is 24.3. The number of sulfone groups is 1. The molecule has 0 aliphatic rings. The zero-order valence-corrected chi connectivity index (χ0v) is 10.4. The van der Waals surface area contributed by atoms with Crippen LogP contribution in [0.15, 0.2) is 47.4 Å². The van der Waals surface area contributed by atoms with Crippen molar-refractivity contribution in [2.24, 2.45) is 5.73 Å². The number of hydrogen-bond acceptors (Lipinski definition) is 3. The van der Waals surface area contributed by atoms with Crippen molar-refractivity contribution in [1.82, 2.24) is 0 Å². The fourth-order valence-electron chi connectivity index (χ4n) is 1.43. The standard InChI is InChI=1S/C12H15NO3S/c1-2-3-9-11(12(13)14)17(15,16)10-7-5-4-6-8-10/h2-8,11H,9H2,1H3,(H2,13,14). The van der Waals surface area contributed by atoms with Crippen molar-refractivity contribution in [2.75, 3.05) is 0 Å². The van der Waals surface area contributed by atoms with E-state index in [0.717, 1.165) is 0 Å². The Hall–Kier alpha value is -1.62. The molecule has 0 saturated heterocycles. The van der Waals surface area contributed by atoms with Gasteiger partial charge in [0.15, 0.2) is 9.84 Å². The Balaban J connectivity index is 3.14. The minimum absolute atomic E-state index is 0.100. The third-order valence-electron chi connectivity index (χ3n) is 2.35. The van der Waals surface area contributed by atoms with Gasteiger partial charge in [0.1, 0.15) is 5.25 Å². The maximum Gasteiger partial charge on any atom is 0.236 e. The van der Waals surface area contributed by atoms with Crippen LogP contribution in [0.2, 0.25) is 0 Å². The molecule has 0 saturated carbocycles. The lowest BCUT2D eigenvalue weighted by molar-refractivity contribution is -0.117. The molecule has 1 unspecified atom stereocenters. The Morgan fingerprint density at radius 3 is 2.41 bits per heavy atom. The molecule has 1 aromatic rings. The number of primary amides is 1. The molecule has 4 nitrogen and oxygen atoms in total. The lowest BCUT2D eigenvalue weighted by atomic mass is 10.3. The van der Waals surface area contributed by atoms with Crippen LogP contribution < -0.4 is 5.73 Å². The van der Waals surface area contributed by atoms with Crippen LogP contribution in [0.5, 0.6) is 0 Å². The number of hydrogen-bond donors (Lipinski definition) is 1. The van der Waals surface area contributed by atoms with Gasteiger partial charge in [-0.25, -0.2) is 8.42 Å². The highest BCUT2D eigenvalue weighted by molar-refractivity contribution is 7.92. The Bertz CT molecular complexity index is 506. The predicted molar refractivity (Wildman–Crippen MR) is 66.0 cm³/mol. The molecule has 2 N–H and O–H groups in total. The minimum atomic E-state index is -3.70. The molecule has 0 aliphatic carbocycles. The molecule has 17 heavy (non-hydrogen) atoms. The molecule has 0 bridgehead atoms. The third-order valence-corrected chi connectivity index (χ3v) is 4.45. The van der Waals surface area contributed by atoms with Crippen molar-refractivity contribution in [2.45, 2.75) is 23.5 Å². The molecule has 0 aliphatic heterocycles. The lowest BCUT2D eigenvalue weighted by Gasteiger charge is -2.12. The smallest absolute Gasteiger partial charge is 0.236 e. The van der Waals surface area contributed by atoms with E-state index in [0.29, 0.717) is 0 Å². The number of carbonyl (C=O) groups is 1. The van der Waals surface area contributed by atoms with Crippen LogP contribution in [-0.4, -0.2) is 19.6 Å². The van der Waals surface area contributed by atoms with E-state index in [1.165, 1.54) is 12.1 Å². The first-order valence-electron chi connectivity index (χ1n) is 5.19. The van der Waals surface area contributed by atoms with E-state index in [4.69, 9.17) is 5.73 Å². The number of benzene rings is 1. The van der Waals surface area contributed by atoms with Gasteiger partial charge in [0, 0.05) is 0 Å². The summed E-state index contributed by atoms with van der Waals surface area (Å²) in [6.07, 6.45) is 3.41. The Morgan fingerprint density at radius 1 is 1.35 bits per heavy atom. The largest absolute Gasteiger partial charge is 0.369 e. The number of nitrogens with two attached hydrogens (primary N) is 1. The minimum Gasteiger partial charge on any atom is -0.369 e. The molecule has 92 valence electrons. The highest BCUT2D eigenvalue weighted by Crippen LogP contribution is 2.18. The summed E-state index contributed by atoms with van der Waals surface area (Å²) >= 11 is 0. The molecule has 0 fully saturated rings. The third kappa shape index (κ3) is 3.17. The summed E-state index contributed by atoms with van der Waals surface area (Å²) in [5.41, 5.74) is 5.15. The average molecular weight is 253 g/mol. The number of carbonyl (C=O) groups excluding carboxylic acids is 1. The second-order valence-corrected chi connectivity index (χ2v) is 5.68. The van der Waals surface area contributed by atoms with Gasteiger partial charge < -0.3 is 5.73 Å². The maximum absolute atomic E-state index is 12.1. The highest BCUT2D eigenvalue weighted by atomic mass is 32.2. The summed E-state index contributed by atoms with van der Waals surface area (Å²) in [7, 11) is -3.70. The van der Waals surface area contributed by atoms with Crippen LogP contribution in [0.4, 0.5) is 0 Å². The van der Waals surface area contributed by atoms with Crippen LogP contribution in [-0.2, 0) is 14.6 Å². The molecule has 1 rings (SSSR count). The molecule has 1 aromatic carbocycles. The van der Waals surface area contributed by atoms with Gasteiger partial charge in [0.05, 0.1) is 4.90 Å². The van der Waals surface area contributed by atoms with Gasteiger partial charge in [-0.05, 0) is 25.5 Å². The molecule has 0 radical (unpaired) electrons. The van der Waals surface area contributed by atoms with E-state index in [9.17, 15) is 13.2 Å². The molecular formula is C12H15NO3S. The second-order valence-electron chi connectivity index (χ2n) is 3.55. The quantitative estimate of drug-likeness (QED) is 0.803. The summed E-state index contributed by atoms with van der Waals surface area (Å²) in [5.74, 6) is -0.827. The van der Waals surface area contributed by atoms with Crippen molar-refractivity contribution in [3.63, 3.8) is 0 Å². The fraction of sp³-hybridized carbons (Fsp3) is 0.250. The van der Waals surface area contributed by atoms with E-state index >= 15 is 0 Å². The molecule has 0 aromatic heterocycles. The van der Waals surface area contributed by atoms with Gasteiger partial charge in [-0.1, -0.05) is 30.4 Å². The van der Waals surface area contributed by atoms with Crippen molar-refractivity contribution >= 4 is 15.7 Å². The summed E-state index contributed by atoms with van der Waals surface area (Å²) in [6, 6.07) is 7.85. The lowest BCUT2D eigenvalue weighted by Crippen LogP contribution is -2.35.